The van der Waals surface area contributed by atoms with Crippen molar-refractivity contribution >= 4 is 0 Å². The van der Waals surface area contributed by atoms with Gasteiger partial charge in [0, 0.05) is 31.8 Å². The number of nitrogens with two attached hydrogens (primary N) is 1. The van der Waals surface area contributed by atoms with Crippen molar-refractivity contribution in [3.8, 4) is 0 Å². The average molecular weight is 585 g/mol. The first-order valence-corrected chi connectivity index (χ1v) is 15.6. The molecule has 41 heavy (non-hydrogen) atoms. The monoisotopic (exact) mass is 584 g/mol. The molecule has 8 atom stereocenters. The SMILES string of the molecule is CCCCCCCCCCCCCCNC[C@H](O[C@@H]1O[C@H](CN)[C@@H](O)[C@H]1O)[C@@H]1C[C@@H](O)[C@H](n2ccc(=O)[nH]c2=O)O1. The number of nitrogens with zero attached hydrogens (tertiary/aromatic N) is 1. The van der Waals surface area contributed by atoms with Gasteiger partial charge in [0.15, 0.2) is 12.5 Å². The van der Waals surface area contributed by atoms with Crippen LogP contribution < -0.4 is 22.3 Å². The van der Waals surface area contributed by atoms with Gasteiger partial charge in [-0.1, -0.05) is 77.6 Å². The number of hydrogen-bond acceptors (Lipinski definition) is 10. The van der Waals surface area contributed by atoms with E-state index in [1.807, 2.05) is 0 Å². The van der Waals surface area contributed by atoms with Crippen molar-refractivity contribution in [1.82, 2.24) is 14.9 Å². The third kappa shape index (κ3) is 10.5. The van der Waals surface area contributed by atoms with Crippen molar-refractivity contribution in [2.75, 3.05) is 19.6 Å². The standard InChI is InChI=1S/C29H52N4O8/c1-2-3-4-5-6-7-8-9-10-11-12-13-15-31-19-23(41-28-26(37)25(36)22(18-30)40-28)21-17-20(34)27(39-21)33-16-14-24(35)32-29(33)38/h14,16,20-23,25-28,31,34,36-37H,2-13,15,17-19,30H2,1H3,(H,32,35,38)/t20-,21+,22-,23+,25-,26-,27-,28+/m1/s1. The average Bonchev–Trinajstić information content (AvgIpc) is 3.46. The fourth-order valence-electron chi connectivity index (χ4n) is 5.59. The first kappa shape index (κ1) is 33.9. The highest BCUT2D eigenvalue weighted by atomic mass is 16.7. The summed E-state index contributed by atoms with van der Waals surface area (Å²) in [6.07, 6.45) is 9.01. The van der Waals surface area contributed by atoms with E-state index in [1.165, 1.54) is 76.5 Å². The first-order chi connectivity index (χ1) is 19.8. The number of nitrogens with one attached hydrogen (secondary N) is 2. The third-order valence-electron chi connectivity index (χ3n) is 8.07. The first-order valence-electron chi connectivity index (χ1n) is 15.6. The van der Waals surface area contributed by atoms with Crippen LogP contribution in [-0.2, 0) is 14.2 Å². The number of aromatic amines is 1. The minimum Gasteiger partial charge on any atom is -0.388 e. The summed E-state index contributed by atoms with van der Waals surface area (Å²) in [5, 5.41) is 34.7. The van der Waals surface area contributed by atoms with E-state index in [-0.39, 0.29) is 13.0 Å². The fraction of sp³-hybridized carbons (Fsp3) is 0.862. The minimum absolute atomic E-state index is 0.0236. The molecule has 0 saturated carbocycles. The van der Waals surface area contributed by atoms with Crippen LogP contribution in [0.15, 0.2) is 21.9 Å². The highest BCUT2D eigenvalue weighted by Crippen LogP contribution is 2.32. The lowest BCUT2D eigenvalue weighted by atomic mass is 10.1. The van der Waals surface area contributed by atoms with Gasteiger partial charge in [-0.3, -0.25) is 14.3 Å². The van der Waals surface area contributed by atoms with Crippen LogP contribution in [0.25, 0.3) is 0 Å². The molecule has 0 radical (unpaired) electrons. The van der Waals surface area contributed by atoms with Gasteiger partial charge in [-0.15, -0.1) is 0 Å². The van der Waals surface area contributed by atoms with Crippen LogP contribution in [0, 0.1) is 0 Å². The van der Waals surface area contributed by atoms with Crippen LogP contribution in [0.4, 0.5) is 0 Å². The van der Waals surface area contributed by atoms with E-state index in [9.17, 15) is 24.9 Å². The molecule has 2 aliphatic rings. The number of aromatic nitrogens is 2. The van der Waals surface area contributed by atoms with Crippen molar-refractivity contribution < 1.29 is 29.5 Å². The molecular weight excluding hydrogens is 532 g/mol. The lowest BCUT2D eigenvalue weighted by Crippen LogP contribution is -2.44. The summed E-state index contributed by atoms with van der Waals surface area (Å²) in [5.74, 6) is 0. The Morgan fingerprint density at radius 3 is 2.22 bits per heavy atom. The van der Waals surface area contributed by atoms with Crippen LogP contribution in [0.2, 0.25) is 0 Å². The Balaban J connectivity index is 1.45. The zero-order valence-electron chi connectivity index (χ0n) is 24.5. The highest BCUT2D eigenvalue weighted by Gasteiger charge is 2.46. The van der Waals surface area contributed by atoms with Crippen LogP contribution in [0.1, 0.15) is 96.6 Å². The molecule has 2 fully saturated rings. The Morgan fingerprint density at radius 1 is 1.00 bits per heavy atom. The Hall–Kier alpha value is -1.64. The molecule has 2 aliphatic heterocycles. The smallest absolute Gasteiger partial charge is 0.330 e. The molecule has 12 heteroatoms. The van der Waals surface area contributed by atoms with E-state index in [4.69, 9.17) is 19.9 Å². The molecule has 0 unspecified atom stereocenters. The van der Waals surface area contributed by atoms with E-state index >= 15 is 0 Å². The predicted molar refractivity (Wildman–Crippen MR) is 154 cm³/mol. The number of aliphatic hydroxyl groups is 3. The minimum atomic E-state index is -1.29. The molecule has 12 nitrogen and oxygen atoms in total. The number of H-pyrrole nitrogens is 1. The second-order valence-electron chi connectivity index (χ2n) is 11.4. The number of ether oxygens (including phenoxy) is 3. The van der Waals surface area contributed by atoms with Gasteiger partial charge in [0.25, 0.3) is 5.56 Å². The molecule has 3 heterocycles. The van der Waals surface area contributed by atoms with Gasteiger partial charge in [0.2, 0.25) is 0 Å². The molecular formula is C29H52N4O8. The van der Waals surface area contributed by atoms with Crippen molar-refractivity contribution in [1.29, 1.82) is 0 Å². The lowest BCUT2D eigenvalue weighted by Gasteiger charge is -2.28. The second-order valence-corrected chi connectivity index (χ2v) is 11.4. The Labute approximate surface area is 242 Å². The third-order valence-corrected chi connectivity index (χ3v) is 8.07. The summed E-state index contributed by atoms with van der Waals surface area (Å²) in [6.45, 7) is 3.38. The summed E-state index contributed by atoms with van der Waals surface area (Å²) in [5.41, 5.74) is 4.41. The van der Waals surface area contributed by atoms with E-state index in [0.717, 1.165) is 24.0 Å². The van der Waals surface area contributed by atoms with Gasteiger partial charge < -0.3 is 40.6 Å². The summed E-state index contributed by atoms with van der Waals surface area (Å²) in [7, 11) is 0. The number of hydrogen-bond donors (Lipinski definition) is 6. The molecule has 0 aliphatic carbocycles. The number of aliphatic hydroxyl groups excluding tert-OH is 3. The molecule has 0 bridgehead atoms. The highest BCUT2D eigenvalue weighted by molar-refractivity contribution is 4.93. The molecule has 0 aromatic carbocycles. The molecule has 1 aromatic rings. The largest absolute Gasteiger partial charge is 0.388 e. The van der Waals surface area contributed by atoms with Crippen LogP contribution >= 0.6 is 0 Å². The number of unbranched alkanes of at least 4 members (excludes halogenated alkanes) is 11. The topological polar surface area (TPSA) is 181 Å². The molecule has 0 spiro atoms. The van der Waals surface area contributed by atoms with Crippen molar-refractivity contribution in [2.45, 2.75) is 140 Å². The van der Waals surface area contributed by atoms with Gasteiger partial charge in [-0.25, -0.2) is 4.79 Å². The zero-order chi connectivity index (χ0) is 29.6. The van der Waals surface area contributed by atoms with Crippen LogP contribution in [-0.4, -0.2) is 87.4 Å². The van der Waals surface area contributed by atoms with E-state index in [2.05, 4.69) is 17.2 Å². The zero-order valence-corrected chi connectivity index (χ0v) is 24.5. The normalized spacial score (nSPS) is 28.9. The maximum absolute atomic E-state index is 12.3. The maximum Gasteiger partial charge on any atom is 0.330 e. The molecule has 236 valence electrons. The van der Waals surface area contributed by atoms with Crippen molar-refractivity contribution in [3.05, 3.63) is 33.1 Å². The van der Waals surface area contributed by atoms with Gasteiger partial charge in [0.05, 0.1) is 12.2 Å². The van der Waals surface area contributed by atoms with Crippen molar-refractivity contribution in [2.24, 2.45) is 5.73 Å². The van der Waals surface area contributed by atoms with Gasteiger partial charge in [-0.05, 0) is 13.0 Å². The van der Waals surface area contributed by atoms with Gasteiger partial charge in [-0.2, -0.15) is 0 Å². The summed E-state index contributed by atoms with van der Waals surface area (Å²) >= 11 is 0. The molecule has 7 N–H and O–H groups in total. The van der Waals surface area contributed by atoms with Gasteiger partial charge in [0.1, 0.15) is 24.4 Å². The van der Waals surface area contributed by atoms with Crippen LogP contribution in [0.3, 0.4) is 0 Å². The summed E-state index contributed by atoms with van der Waals surface area (Å²) in [6, 6.07) is 1.19. The molecule has 2 saturated heterocycles. The molecule has 0 amide bonds. The molecule has 1 aromatic heterocycles. The summed E-state index contributed by atoms with van der Waals surface area (Å²) in [4.78, 5) is 25.9. The predicted octanol–water partition coefficient (Wildman–Crippen LogP) is 1.27. The van der Waals surface area contributed by atoms with Gasteiger partial charge >= 0.3 is 5.69 Å². The quantitative estimate of drug-likeness (QED) is 0.122. The fourth-order valence-corrected chi connectivity index (χ4v) is 5.59. The second kappa shape index (κ2) is 18.1. The summed E-state index contributed by atoms with van der Waals surface area (Å²) < 4.78 is 18.9. The van der Waals surface area contributed by atoms with E-state index in [1.54, 1.807) is 0 Å². The number of rotatable bonds is 20. The lowest BCUT2D eigenvalue weighted by molar-refractivity contribution is -0.213. The van der Waals surface area contributed by atoms with E-state index < -0.39 is 60.4 Å². The van der Waals surface area contributed by atoms with Crippen molar-refractivity contribution in [3.63, 3.8) is 0 Å². The Morgan fingerprint density at radius 2 is 1.63 bits per heavy atom. The molecule has 3 rings (SSSR count). The Bertz CT molecular complexity index is 975. The van der Waals surface area contributed by atoms with Crippen LogP contribution in [0.5, 0.6) is 0 Å². The Kier molecular flexibility index (Phi) is 15.0. The maximum atomic E-state index is 12.3. The van der Waals surface area contributed by atoms with E-state index in [0.29, 0.717) is 6.54 Å².